The number of thiazole rings is 1. The summed E-state index contributed by atoms with van der Waals surface area (Å²) in [5.74, 6) is 0. The largest absolute Gasteiger partial charge is 0.250 e. The van der Waals surface area contributed by atoms with Crippen LogP contribution in [0.15, 0.2) is 35.2 Å². The van der Waals surface area contributed by atoms with Crippen LogP contribution < -0.4 is 0 Å². The molecule has 0 fully saturated rings. The summed E-state index contributed by atoms with van der Waals surface area (Å²) < 4.78 is 0. The van der Waals surface area contributed by atoms with E-state index in [2.05, 4.69) is 48.3 Å². The van der Waals surface area contributed by atoms with Crippen LogP contribution in [0.25, 0.3) is 0 Å². The maximum absolute atomic E-state index is 6.35. The lowest BCUT2D eigenvalue weighted by Crippen LogP contribution is -2.33. The average molecular weight is 410 g/mol. The van der Waals surface area contributed by atoms with Crippen molar-refractivity contribution in [3.63, 3.8) is 0 Å². The van der Waals surface area contributed by atoms with Crippen LogP contribution in [0.4, 0.5) is 0 Å². The van der Waals surface area contributed by atoms with E-state index in [4.69, 9.17) is 11.6 Å². The molecule has 0 saturated heterocycles. The van der Waals surface area contributed by atoms with Crippen LogP contribution >= 0.6 is 54.8 Å². The van der Waals surface area contributed by atoms with E-state index >= 15 is 0 Å². The Hall–Kier alpha value is 0.1000. The highest BCUT2D eigenvalue weighted by Crippen LogP contribution is 2.36. The second-order valence-corrected chi connectivity index (χ2v) is 6.43. The molecule has 0 unspecified atom stereocenters. The lowest BCUT2D eigenvalue weighted by molar-refractivity contribution is 0.545. The van der Waals surface area contributed by atoms with Crippen LogP contribution in [0, 0.1) is 0 Å². The van der Waals surface area contributed by atoms with Crippen molar-refractivity contribution in [1.29, 1.82) is 0 Å². The van der Waals surface area contributed by atoms with E-state index in [0.29, 0.717) is 0 Å². The molecule has 96 valence electrons. The second-order valence-electron chi connectivity index (χ2n) is 4.18. The number of hydrogen-bond acceptors (Lipinski definition) is 2. The number of benzene rings is 1. The van der Waals surface area contributed by atoms with Gasteiger partial charge in [0.15, 0.2) is 0 Å². The standard InChI is InChI=1S/C13H12Br2ClNS/c14-7-13(8-15,5-10-6-18-9-17-10)11-3-1-2-4-12(11)16/h1-4,6,9H,5,7-8H2. The lowest BCUT2D eigenvalue weighted by Gasteiger charge is -2.31. The summed E-state index contributed by atoms with van der Waals surface area (Å²) in [4.78, 5) is 4.39. The molecule has 1 aromatic carbocycles. The van der Waals surface area contributed by atoms with Gasteiger partial charge in [-0.3, -0.25) is 0 Å². The van der Waals surface area contributed by atoms with E-state index < -0.39 is 0 Å². The molecule has 0 amide bonds. The first kappa shape index (κ1) is 14.5. The van der Waals surface area contributed by atoms with Crippen molar-refractivity contribution < 1.29 is 0 Å². The van der Waals surface area contributed by atoms with Crippen molar-refractivity contribution >= 4 is 54.8 Å². The highest BCUT2D eigenvalue weighted by Gasteiger charge is 2.32. The Balaban J connectivity index is 2.40. The van der Waals surface area contributed by atoms with Crippen molar-refractivity contribution in [2.24, 2.45) is 0 Å². The number of rotatable bonds is 5. The fourth-order valence-corrected chi connectivity index (χ4v) is 4.76. The minimum atomic E-state index is -0.0631. The molecule has 0 aliphatic heterocycles. The zero-order valence-corrected chi connectivity index (χ0v) is 14.3. The quantitative estimate of drug-likeness (QED) is 0.629. The van der Waals surface area contributed by atoms with Crippen LogP contribution in [0.3, 0.4) is 0 Å². The van der Waals surface area contributed by atoms with Gasteiger partial charge in [0.1, 0.15) is 0 Å². The molecule has 0 saturated carbocycles. The van der Waals surface area contributed by atoms with Crippen LogP contribution in [-0.4, -0.2) is 15.6 Å². The fraction of sp³-hybridized carbons (Fsp3) is 0.308. The Labute approximate surface area is 133 Å². The number of alkyl halides is 2. The van der Waals surface area contributed by atoms with Gasteiger partial charge < -0.3 is 0 Å². The zero-order valence-electron chi connectivity index (χ0n) is 9.57. The minimum Gasteiger partial charge on any atom is -0.250 e. The summed E-state index contributed by atoms with van der Waals surface area (Å²) in [6.07, 6.45) is 0.872. The highest BCUT2D eigenvalue weighted by molar-refractivity contribution is 9.09. The number of halogens is 3. The smallest absolute Gasteiger partial charge is 0.0794 e. The van der Waals surface area contributed by atoms with Gasteiger partial charge in [-0.25, -0.2) is 4.98 Å². The predicted molar refractivity (Wildman–Crippen MR) is 86.5 cm³/mol. The predicted octanol–water partition coefficient (Wildman–Crippen LogP) is 5.07. The van der Waals surface area contributed by atoms with E-state index in [1.807, 2.05) is 23.7 Å². The van der Waals surface area contributed by atoms with Gasteiger partial charge in [0, 0.05) is 32.9 Å². The van der Waals surface area contributed by atoms with Gasteiger partial charge in [0.05, 0.1) is 11.2 Å². The lowest BCUT2D eigenvalue weighted by atomic mass is 9.80. The molecule has 18 heavy (non-hydrogen) atoms. The van der Waals surface area contributed by atoms with E-state index in [9.17, 15) is 0 Å². The van der Waals surface area contributed by atoms with Crippen molar-refractivity contribution in [2.45, 2.75) is 11.8 Å². The van der Waals surface area contributed by atoms with Crippen LogP contribution in [0.2, 0.25) is 5.02 Å². The van der Waals surface area contributed by atoms with Crippen LogP contribution in [0.1, 0.15) is 11.3 Å². The Morgan fingerprint density at radius 3 is 2.50 bits per heavy atom. The molecule has 0 bridgehead atoms. The van der Waals surface area contributed by atoms with Gasteiger partial charge in [-0.2, -0.15) is 0 Å². The Morgan fingerprint density at radius 2 is 1.94 bits per heavy atom. The molecule has 0 spiro atoms. The summed E-state index contributed by atoms with van der Waals surface area (Å²) in [7, 11) is 0. The zero-order chi connectivity index (χ0) is 13.0. The van der Waals surface area contributed by atoms with Crippen LogP contribution in [0.5, 0.6) is 0 Å². The molecule has 0 aliphatic carbocycles. The summed E-state index contributed by atoms with van der Waals surface area (Å²) in [6.45, 7) is 0. The third-order valence-corrected chi connectivity index (χ3v) is 6.07. The van der Waals surface area contributed by atoms with Gasteiger partial charge in [-0.05, 0) is 11.6 Å². The summed E-state index contributed by atoms with van der Waals surface area (Å²) in [5.41, 5.74) is 4.08. The molecule has 0 aliphatic rings. The van der Waals surface area contributed by atoms with Crippen molar-refractivity contribution in [3.05, 3.63) is 51.4 Å². The van der Waals surface area contributed by atoms with Crippen molar-refractivity contribution in [2.75, 3.05) is 10.7 Å². The maximum Gasteiger partial charge on any atom is 0.0794 e. The average Bonchev–Trinajstić information content (AvgIpc) is 2.90. The molecular weight excluding hydrogens is 397 g/mol. The van der Waals surface area contributed by atoms with Crippen molar-refractivity contribution in [3.8, 4) is 0 Å². The van der Waals surface area contributed by atoms with Gasteiger partial charge in [-0.15, -0.1) is 11.3 Å². The highest BCUT2D eigenvalue weighted by atomic mass is 79.9. The first-order valence-electron chi connectivity index (χ1n) is 5.46. The van der Waals surface area contributed by atoms with Crippen molar-refractivity contribution in [1.82, 2.24) is 4.98 Å². The first-order valence-corrected chi connectivity index (χ1v) is 9.02. The van der Waals surface area contributed by atoms with Crippen LogP contribution in [-0.2, 0) is 11.8 Å². The molecule has 2 aromatic rings. The molecular formula is C13H12Br2ClNS. The topological polar surface area (TPSA) is 12.9 Å². The monoisotopic (exact) mass is 407 g/mol. The Kier molecular flexibility index (Phi) is 5.24. The molecule has 0 radical (unpaired) electrons. The van der Waals surface area contributed by atoms with E-state index in [0.717, 1.165) is 33.4 Å². The molecule has 2 rings (SSSR count). The van der Waals surface area contributed by atoms with Gasteiger partial charge in [0.2, 0.25) is 0 Å². The van der Waals surface area contributed by atoms with E-state index in [-0.39, 0.29) is 5.41 Å². The van der Waals surface area contributed by atoms with Gasteiger partial charge >= 0.3 is 0 Å². The first-order chi connectivity index (χ1) is 8.72. The Bertz CT molecular complexity index is 497. The molecule has 0 N–H and O–H groups in total. The number of hydrogen-bond donors (Lipinski definition) is 0. The van der Waals surface area contributed by atoms with E-state index in [1.165, 1.54) is 0 Å². The number of nitrogens with zero attached hydrogens (tertiary/aromatic N) is 1. The molecule has 1 aromatic heterocycles. The van der Waals surface area contributed by atoms with Gasteiger partial charge in [0.25, 0.3) is 0 Å². The molecule has 1 nitrogen and oxygen atoms in total. The van der Waals surface area contributed by atoms with Gasteiger partial charge in [-0.1, -0.05) is 61.7 Å². The number of aromatic nitrogens is 1. The minimum absolute atomic E-state index is 0.0631. The normalized spacial score (nSPS) is 11.7. The maximum atomic E-state index is 6.35. The summed E-state index contributed by atoms with van der Waals surface area (Å²) in [5, 5.41) is 4.59. The molecule has 1 heterocycles. The Morgan fingerprint density at radius 1 is 1.22 bits per heavy atom. The third-order valence-electron chi connectivity index (χ3n) is 2.96. The molecule has 5 heteroatoms. The summed E-state index contributed by atoms with van der Waals surface area (Å²) >= 11 is 15.2. The third kappa shape index (κ3) is 2.98. The summed E-state index contributed by atoms with van der Waals surface area (Å²) in [6, 6.07) is 8.03. The SMILES string of the molecule is Clc1ccccc1C(CBr)(CBr)Cc1cscn1. The molecule has 0 atom stereocenters. The van der Waals surface area contributed by atoms with E-state index in [1.54, 1.807) is 11.3 Å². The second kappa shape index (κ2) is 6.51. The fourth-order valence-electron chi connectivity index (χ4n) is 1.93.